The van der Waals surface area contributed by atoms with E-state index in [1.807, 2.05) is 35.7 Å². The van der Waals surface area contributed by atoms with Gasteiger partial charge in [-0.25, -0.2) is 4.98 Å². The highest BCUT2D eigenvalue weighted by Gasteiger charge is 2.23. The van der Waals surface area contributed by atoms with Crippen molar-refractivity contribution in [2.75, 3.05) is 18.4 Å². The molecule has 0 saturated carbocycles. The Labute approximate surface area is 158 Å². The fourth-order valence-electron chi connectivity index (χ4n) is 3.04. The first-order valence-corrected chi connectivity index (χ1v) is 9.72. The van der Waals surface area contributed by atoms with E-state index in [1.165, 1.54) is 11.3 Å². The molecule has 7 heteroatoms. The summed E-state index contributed by atoms with van der Waals surface area (Å²) in [4.78, 5) is 19.2. The van der Waals surface area contributed by atoms with Crippen LogP contribution in [0.25, 0.3) is 0 Å². The second kappa shape index (κ2) is 8.62. The summed E-state index contributed by atoms with van der Waals surface area (Å²) in [7, 11) is 0. The highest BCUT2D eigenvalue weighted by atomic mass is 32.1. The Morgan fingerprint density at radius 1 is 1.35 bits per heavy atom. The quantitative estimate of drug-likeness (QED) is 0.840. The summed E-state index contributed by atoms with van der Waals surface area (Å²) < 4.78 is 11.4. The minimum absolute atomic E-state index is 0.205. The molecule has 0 radical (unpaired) electrons. The number of para-hydroxylation sites is 1. The average Bonchev–Trinajstić information content (AvgIpc) is 3.01. The molecule has 1 aromatic carbocycles. The van der Waals surface area contributed by atoms with E-state index < -0.39 is 6.10 Å². The van der Waals surface area contributed by atoms with E-state index in [-0.39, 0.29) is 18.1 Å². The van der Waals surface area contributed by atoms with Gasteiger partial charge in [0, 0.05) is 25.0 Å². The lowest BCUT2D eigenvalue weighted by Crippen LogP contribution is -2.44. The second-order valence-corrected chi connectivity index (χ2v) is 7.52. The fraction of sp³-hybridized carbons (Fsp3) is 0.474. The van der Waals surface area contributed by atoms with Gasteiger partial charge >= 0.3 is 0 Å². The number of carbonyl (C=O) groups is 1. The molecule has 1 aliphatic rings. The van der Waals surface area contributed by atoms with Crippen LogP contribution >= 0.6 is 11.3 Å². The van der Waals surface area contributed by atoms with Crippen molar-refractivity contribution in [3.8, 4) is 5.75 Å². The SMILES string of the molecule is C[C@@H]1CN(Cc2csc(NC(=O)[C@@H](C)Oc3ccccc3)n2)C[C@@H](C)O1. The third-order valence-corrected chi connectivity index (χ3v) is 4.89. The maximum absolute atomic E-state index is 12.3. The maximum atomic E-state index is 12.3. The molecule has 3 rings (SSSR count). The first-order chi connectivity index (χ1) is 12.5. The van der Waals surface area contributed by atoms with Crippen LogP contribution in [0.4, 0.5) is 5.13 Å². The van der Waals surface area contributed by atoms with Gasteiger partial charge < -0.3 is 9.47 Å². The van der Waals surface area contributed by atoms with Crippen LogP contribution in [0.5, 0.6) is 5.75 Å². The summed E-state index contributed by atoms with van der Waals surface area (Å²) in [5, 5.41) is 5.43. The van der Waals surface area contributed by atoms with Gasteiger partial charge in [-0.2, -0.15) is 0 Å². The number of thiazole rings is 1. The van der Waals surface area contributed by atoms with Crippen LogP contribution in [0.3, 0.4) is 0 Å². The third-order valence-electron chi connectivity index (χ3n) is 4.09. The van der Waals surface area contributed by atoms with Crippen LogP contribution in [0, 0.1) is 0 Å². The summed E-state index contributed by atoms with van der Waals surface area (Å²) in [6, 6.07) is 9.32. The Morgan fingerprint density at radius 3 is 2.73 bits per heavy atom. The average molecular weight is 375 g/mol. The molecule has 0 spiro atoms. The topological polar surface area (TPSA) is 63.7 Å². The third kappa shape index (κ3) is 5.27. The van der Waals surface area contributed by atoms with Crippen LogP contribution in [0.1, 0.15) is 26.5 Å². The van der Waals surface area contributed by atoms with Crippen molar-refractivity contribution in [2.24, 2.45) is 0 Å². The molecule has 0 unspecified atom stereocenters. The van der Waals surface area contributed by atoms with Crippen LogP contribution in [-0.4, -0.2) is 47.2 Å². The first-order valence-electron chi connectivity index (χ1n) is 8.84. The maximum Gasteiger partial charge on any atom is 0.266 e. The van der Waals surface area contributed by atoms with Crippen molar-refractivity contribution in [3.05, 3.63) is 41.4 Å². The highest BCUT2D eigenvalue weighted by molar-refractivity contribution is 7.13. The molecule has 2 aromatic rings. The lowest BCUT2D eigenvalue weighted by molar-refractivity contribution is -0.122. The Hall–Kier alpha value is -1.96. The number of carbonyl (C=O) groups excluding carboxylic acids is 1. The van der Waals surface area contributed by atoms with Gasteiger partial charge in [-0.05, 0) is 32.9 Å². The van der Waals surface area contributed by atoms with Gasteiger partial charge in [-0.1, -0.05) is 18.2 Å². The molecule has 6 nitrogen and oxygen atoms in total. The molecule has 0 aliphatic carbocycles. The zero-order valence-corrected chi connectivity index (χ0v) is 16.2. The van der Waals surface area contributed by atoms with Gasteiger partial charge in [0.2, 0.25) is 0 Å². The molecule has 140 valence electrons. The van der Waals surface area contributed by atoms with E-state index >= 15 is 0 Å². The molecule has 1 N–H and O–H groups in total. The first kappa shape index (κ1) is 18.8. The number of anilines is 1. The van der Waals surface area contributed by atoms with Gasteiger partial charge in [0.1, 0.15) is 5.75 Å². The summed E-state index contributed by atoms with van der Waals surface area (Å²) >= 11 is 1.44. The predicted octanol–water partition coefficient (Wildman–Crippen LogP) is 3.16. The van der Waals surface area contributed by atoms with Crippen LogP contribution in [0.2, 0.25) is 0 Å². The Morgan fingerprint density at radius 2 is 2.04 bits per heavy atom. The van der Waals surface area contributed by atoms with Crippen molar-refractivity contribution < 1.29 is 14.3 Å². The van der Waals surface area contributed by atoms with E-state index in [4.69, 9.17) is 9.47 Å². The Kier molecular flexibility index (Phi) is 6.24. The van der Waals surface area contributed by atoms with Crippen LogP contribution in [-0.2, 0) is 16.1 Å². The smallest absolute Gasteiger partial charge is 0.266 e. The number of rotatable bonds is 6. The molecule has 2 heterocycles. The number of aromatic nitrogens is 1. The molecule has 1 saturated heterocycles. The van der Waals surface area contributed by atoms with E-state index in [1.54, 1.807) is 6.92 Å². The lowest BCUT2D eigenvalue weighted by atomic mass is 10.2. The van der Waals surface area contributed by atoms with E-state index in [0.717, 1.165) is 25.3 Å². The molecular weight excluding hydrogens is 350 g/mol. The standard InChI is InChI=1S/C19H25N3O3S/c1-13-9-22(10-14(2)24-13)11-16-12-26-19(20-16)21-18(23)15(3)25-17-7-5-4-6-8-17/h4-8,12-15H,9-11H2,1-3H3,(H,20,21,23)/t13-,14-,15-/m1/s1. The monoisotopic (exact) mass is 375 g/mol. The van der Waals surface area contributed by atoms with Crippen molar-refractivity contribution in [2.45, 2.75) is 45.6 Å². The number of nitrogens with zero attached hydrogens (tertiary/aromatic N) is 2. The van der Waals surface area contributed by atoms with E-state index in [0.29, 0.717) is 10.9 Å². The summed E-state index contributed by atoms with van der Waals surface area (Å²) in [5.41, 5.74) is 0.961. The molecule has 1 aliphatic heterocycles. The molecule has 1 fully saturated rings. The number of benzene rings is 1. The minimum Gasteiger partial charge on any atom is -0.481 e. The summed E-state index contributed by atoms with van der Waals surface area (Å²) in [5.74, 6) is 0.467. The summed E-state index contributed by atoms with van der Waals surface area (Å²) in [6.07, 6.45) is -0.134. The van der Waals surface area contributed by atoms with Crippen LogP contribution in [0.15, 0.2) is 35.7 Å². The van der Waals surface area contributed by atoms with Gasteiger partial charge in [-0.15, -0.1) is 11.3 Å². The Bertz CT molecular complexity index is 712. The van der Waals surface area contributed by atoms with Crippen LogP contribution < -0.4 is 10.1 Å². The number of ether oxygens (including phenoxy) is 2. The second-order valence-electron chi connectivity index (χ2n) is 6.66. The van der Waals surface area contributed by atoms with Crippen molar-refractivity contribution >= 4 is 22.4 Å². The zero-order chi connectivity index (χ0) is 18.5. The largest absolute Gasteiger partial charge is 0.481 e. The normalized spacial score (nSPS) is 22.0. The summed E-state index contributed by atoms with van der Waals surface area (Å²) in [6.45, 7) is 8.46. The van der Waals surface area contributed by atoms with Gasteiger partial charge in [0.25, 0.3) is 5.91 Å². The van der Waals surface area contributed by atoms with Crippen molar-refractivity contribution in [3.63, 3.8) is 0 Å². The fourth-order valence-corrected chi connectivity index (χ4v) is 3.75. The molecule has 0 bridgehead atoms. The van der Waals surface area contributed by atoms with Crippen molar-refractivity contribution in [1.82, 2.24) is 9.88 Å². The van der Waals surface area contributed by atoms with Gasteiger partial charge in [-0.3, -0.25) is 15.0 Å². The number of morpholine rings is 1. The lowest BCUT2D eigenvalue weighted by Gasteiger charge is -2.34. The Balaban J connectivity index is 1.52. The number of nitrogens with one attached hydrogen (secondary N) is 1. The number of amides is 1. The molecule has 3 atom stereocenters. The zero-order valence-electron chi connectivity index (χ0n) is 15.3. The molecular formula is C19H25N3O3S. The number of hydrogen-bond donors (Lipinski definition) is 1. The van der Waals surface area contributed by atoms with Gasteiger partial charge in [0.05, 0.1) is 17.9 Å². The number of hydrogen-bond acceptors (Lipinski definition) is 6. The molecule has 1 aromatic heterocycles. The minimum atomic E-state index is -0.592. The predicted molar refractivity (Wildman–Crippen MR) is 103 cm³/mol. The van der Waals surface area contributed by atoms with E-state index in [9.17, 15) is 4.79 Å². The molecule has 1 amide bonds. The van der Waals surface area contributed by atoms with Crippen molar-refractivity contribution in [1.29, 1.82) is 0 Å². The van der Waals surface area contributed by atoms with Gasteiger partial charge in [0.15, 0.2) is 11.2 Å². The highest BCUT2D eigenvalue weighted by Crippen LogP contribution is 2.20. The molecule has 26 heavy (non-hydrogen) atoms. The van der Waals surface area contributed by atoms with E-state index in [2.05, 4.69) is 29.0 Å².